The van der Waals surface area contributed by atoms with Crippen LogP contribution in [0.25, 0.3) is 98.8 Å². The number of fused-ring (bicyclic) bond motifs is 6. The van der Waals surface area contributed by atoms with E-state index in [-0.39, 0.29) is 23.0 Å². The summed E-state index contributed by atoms with van der Waals surface area (Å²) in [6, 6.07) is 43.7. The van der Waals surface area contributed by atoms with Gasteiger partial charge >= 0.3 is 6.18 Å². The molecule has 0 aliphatic heterocycles. The molecule has 0 saturated carbocycles. The van der Waals surface area contributed by atoms with Crippen molar-refractivity contribution in [3.63, 3.8) is 0 Å². The minimum absolute atomic E-state index is 0.0301. The topological polar surface area (TPSA) is 105 Å². The molecule has 0 unspecified atom stereocenters. The van der Waals surface area contributed by atoms with Crippen molar-refractivity contribution in [2.75, 3.05) is 0 Å². The van der Waals surface area contributed by atoms with Crippen LogP contribution in [0.2, 0.25) is 0 Å². The maximum atomic E-state index is 14.8. The smallest absolute Gasteiger partial charge is 0.309 e. The monoisotopic (exact) mass is 821 g/mol. The Kier molecular flexibility index (Phi) is 8.82. The molecule has 296 valence electrons. The van der Waals surface area contributed by atoms with Crippen LogP contribution >= 0.6 is 0 Å². The predicted octanol–water partition coefficient (Wildman–Crippen LogP) is 13.2. The molecule has 10 rings (SSSR count). The van der Waals surface area contributed by atoms with Crippen LogP contribution in [0.3, 0.4) is 0 Å². The zero-order valence-corrected chi connectivity index (χ0v) is 32.9. The Morgan fingerprint density at radius 2 is 0.984 bits per heavy atom. The summed E-state index contributed by atoms with van der Waals surface area (Å²) >= 11 is 0. The Labute approximate surface area is 357 Å². The second kappa shape index (κ2) is 14.6. The lowest BCUT2D eigenvalue weighted by molar-refractivity contribution is -0.137. The van der Waals surface area contributed by atoms with Crippen molar-refractivity contribution in [2.45, 2.75) is 13.1 Å². The maximum absolute atomic E-state index is 14.8. The van der Waals surface area contributed by atoms with Gasteiger partial charge in [0.15, 0.2) is 28.8 Å². The van der Waals surface area contributed by atoms with Crippen LogP contribution in [-0.4, -0.2) is 24.1 Å². The second-order valence-electron chi connectivity index (χ2n) is 14.9. The third kappa shape index (κ3) is 6.35. The summed E-state index contributed by atoms with van der Waals surface area (Å²) in [6.07, 6.45) is -4.72. The molecule has 0 atom stereocenters. The average molecular weight is 822 g/mol. The minimum atomic E-state index is -4.72. The molecule has 0 amide bonds. The van der Waals surface area contributed by atoms with Gasteiger partial charge in [-0.05, 0) is 109 Å². The van der Waals surface area contributed by atoms with E-state index in [1.807, 2.05) is 76.7 Å². The maximum Gasteiger partial charge on any atom is 0.416 e. The standard InChI is InChI=1S/C51H26F3N9/c1-29-9-15-46(62-42-16-10-30(27-55)22-36(42)37-23-31(28-56)11-17-43(37)62)40(21-29)49-59-48(32-7-5-4-6-8-32)60-50(61-49)41-24-33(51(52,53)54)12-18-47(41)63-44-19-13-34(57-2)25-38(44)39-26-35(58-3)14-20-45(39)63/h4-26H,1H3. The Balaban J connectivity index is 1.30. The van der Waals surface area contributed by atoms with E-state index in [1.54, 1.807) is 60.7 Å². The largest absolute Gasteiger partial charge is 0.416 e. The number of benzene rings is 7. The van der Waals surface area contributed by atoms with E-state index in [0.29, 0.717) is 66.8 Å². The summed E-state index contributed by atoms with van der Waals surface area (Å²) in [5, 5.41) is 22.5. The fourth-order valence-electron chi connectivity index (χ4n) is 8.26. The number of nitrogens with zero attached hydrogens (tertiary/aromatic N) is 9. The Hall–Kier alpha value is -9.10. The van der Waals surface area contributed by atoms with E-state index >= 15 is 0 Å². The molecule has 12 heteroatoms. The molecule has 0 aliphatic carbocycles. The average Bonchev–Trinajstić information content (AvgIpc) is 3.81. The van der Waals surface area contributed by atoms with Gasteiger partial charge < -0.3 is 9.13 Å². The van der Waals surface area contributed by atoms with Crippen molar-refractivity contribution in [2.24, 2.45) is 0 Å². The number of aromatic nitrogens is 5. The van der Waals surface area contributed by atoms with Gasteiger partial charge in [-0.3, -0.25) is 0 Å². The van der Waals surface area contributed by atoms with Gasteiger partial charge in [0.05, 0.1) is 75.4 Å². The molecule has 0 spiro atoms. The quantitative estimate of drug-likeness (QED) is 0.161. The lowest BCUT2D eigenvalue weighted by atomic mass is 10.0. The van der Waals surface area contributed by atoms with Crippen molar-refractivity contribution >= 4 is 55.0 Å². The van der Waals surface area contributed by atoms with Crippen molar-refractivity contribution in [1.82, 2.24) is 24.1 Å². The minimum Gasteiger partial charge on any atom is -0.309 e. The lowest BCUT2D eigenvalue weighted by Crippen LogP contribution is -2.09. The predicted molar refractivity (Wildman–Crippen MR) is 237 cm³/mol. The van der Waals surface area contributed by atoms with Gasteiger partial charge in [0.2, 0.25) is 0 Å². The molecule has 0 radical (unpaired) electrons. The van der Waals surface area contributed by atoms with Gasteiger partial charge in [-0.1, -0.05) is 54.1 Å². The van der Waals surface area contributed by atoms with Crippen LogP contribution in [0.1, 0.15) is 22.3 Å². The molecule has 0 aliphatic rings. The first-order chi connectivity index (χ1) is 30.6. The highest BCUT2D eigenvalue weighted by Crippen LogP contribution is 2.42. The molecule has 0 N–H and O–H groups in total. The lowest BCUT2D eigenvalue weighted by Gasteiger charge is -2.18. The van der Waals surface area contributed by atoms with Crippen molar-refractivity contribution in [3.05, 3.63) is 185 Å². The molecular weight excluding hydrogens is 796 g/mol. The molecule has 0 saturated heterocycles. The van der Waals surface area contributed by atoms with Gasteiger partial charge in [0.25, 0.3) is 0 Å². The Bertz CT molecular complexity index is 3600. The fraction of sp³-hybridized carbons (Fsp3) is 0.0392. The zero-order chi connectivity index (χ0) is 43.6. The van der Waals surface area contributed by atoms with Crippen LogP contribution < -0.4 is 0 Å². The molecule has 3 heterocycles. The van der Waals surface area contributed by atoms with Crippen LogP contribution in [0.4, 0.5) is 24.5 Å². The molecule has 7 aromatic carbocycles. The van der Waals surface area contributed by atoms with Gasteiger partial charge in [0.1, 0.15) is 0 Å². The first kappa shape index (κ1) is 38.1. The Morgan fingerprint density at radius 1 is 0.524 bits per heavy atom. The van der Waals surface area contributed by atoms with E-state index in [2.05, 4.69) is 21.8 Å². The van der Waals surface area contributed by atoms with E-state index in [4.69, 9.17) is 28.1 Å². The number of aryl methyl sites for hydroxylation is 1. The van der Waals surface area contributed by atoms with Gasteiger partial charge in [-0.15, -0.1) is 0 Å². The van der Waals surface area contributed by atoms with Crippen molar-refractivity contribution in [3.8, 4) is 57.7 Å². The summed E-state index contributed by atoms with van der Waals surface area (Å²) in [5.41, 5.74) is 6.46. The summed E-state index contributed by atoms with van der Waals surface area (Å²) < 4.78 is 48.1. The highest BCUT2D eigenvalue weighted by Gasteiger charge is 2.32. The van der Waals surface area contributed by atoms with E-state index in [1.165, 1.54) is 6.07 Å². The SMILES string of the molecule is [C-]#[N+]c1ccc2c(c1)c1cc([N+]#[C-])ccc1n2-c1ccc(C(F)(F)F)cc1-c1nc(-c2ccccc2)nc(-c2cc(C)ccc2-n2c3ccc(C#N)cc3c3cc(C#N)ccc32)n1. The summed E-state index contributed by atoms with van der Waals surface area (Å²) in [4.78, 5) is 22.2. The number of nitriles is 2. The van der Waals surface area contributed by atoms with E-state index in [9.17, 15) is 23.7 Å². The number of halogens is 3. The molecule has 10 aromatic rings. The molecule has 9 nitrogen and oxygen atoms in total. The zero-order valence-electron chi connectivity index (χ0n) is 32.9. The molecule has 3 aromatic heterocycles. The number of alkyl halides is 3. The summed E-state index contributed by atoms with van der Waals surface area (Å²) in [6.45, 7) is 17.3. The molecular formula is C51H26F3N9. The number of rotatable bonds is 5. The highest BCUT2D eigenvalue weighted by molar-refractivity contribution is 6.12. The first-order valence-electron chi connectivity index (χ1n) is 19.4. The van der Waals surface area contributed by atoms with Gasteiger partial charge in [-0.25, -0.2) is 24.6 Å². The summed E-state index contributed by atoms with van der Waals surface area (Å²) in [7, 11) is 0. The third-order valence-electron chi connectivity index (χ3n) is 11.1. The Morgan fingerprint density at radius 3 is 1.48 bits per heavy atom. The third-order valence-corrected chi connectivity index (χ3v) is 11.1. The van der Waals surface area contributed by atoms with Crippen molar-refractivity contribution < 1.29 is 13.2 Å². The highest BCUT2D eigenvalue weighted by atomic mass is 19.4. The molecule has 63 heavy (non-hydrogen) atoms. The van der Waals surface area contributed by atoms with E-state index in [0.717, 1.165) is 39.5 Å². The van der Waals surface area contributed by atoms with Gasteiger partial charge in [-0.2, -0.15) is 23.7 Å². The van der Waals surface area contributed by atoms with Crippen LogP contribution in [0, 0.1) is 42.7 Å². The van der Waals surface area contributed by atoms with E-state index < -0.39 is 11.7 Å². The first-order valence-corrected chi connectivity index (χ1v) is 19.4. The normalized spacial score (nSPS) is 11.4. The number of hydrogen-bond donors (Lipinski definition) is 0. The van der Waals surface area contributed by atoms with Crippen LogP contribution in [0.5, 0.6) is 0 Å². The van der Waals surface area contributed by atoms with Crippen LogP contribution in [-0.2, 0) is 6.18 Å². The fourth-order valence-corrected chi connectivity index (χ4v) is 8.26. The summed E-state index contributed by atoms with van der Waals surface area (Å²) in [5.74, 6) is 0.373. The molecule has 0 fully saturated rings. The molecule has 0 bridgehead atoms. The van der Waals surface area contributed by atoms with Crippen molar-refractivity contribution in [1.29, 1.82) is 10.5 Å². The second-order valence-corrected chi connectivity index (χ2v) is 14.9. The number of hydrogen-bond acceptors (Lipinski definition) is 5. The van der Waals surface area contributed by atoms with Gasteiger partial charge in [0, 0.05) is 27.5 Å². The van der Waals surface area contributed by atoms with Crippen LogP contribution in [0.15, 0.2) is 140 Å².